The van der Waals surface area contributed by atoms with Crippen molar-refractivity contribution in [1.82, 2.24) is 0 Å². The van der Waals surface area contributed by atoms with Gasteiger partial charge in [0, 0.05) is 11.3 Å². The van der Waals surface area contributed by atoms with Gasteiger partial charge in [-0.2, -0.15) is 0 Å². The van der Waals surface area contributed by atoms with E-state index in [1.165, 1.54) is 0 Å². The lowest BCUT2D eigenvalue weighted by Crippen LogP contribution is -2.42. The van der Waals surface area contributed by atoms with Gasteiger partial charge in [-0.1, -0.05) is 39.0 Å². The van der Waals surface area contributed by atoms with Crippen LogP contribution in [0.3, 0.4) is 0 Å². The van der Waals surface area contributed by atoms with Gasteiger partial charge < -0.3 is 10.1 Å². The average Bonchev–Trinajstić information content (AvgIpc) is 2.47. The van der Waals surface area contributed by atoms with Crippen LogP contribution in [0.4, 0.5) is 5.69 Å². The van der Waals surface area contributed by atoms with Gasteiger partial charge in [-0.25, -0.2) is 4.79 Å². The van der Waals surface area contributed by atoms with E-state index in [0.29, 0.717) is 17.0 Å². The lowest BCUT2D eigenvalue weighted by Gasteiger charge is -2.38. The molecular formula is C21H29NO3. The van der Waals surface area contributed by atoms with Crippen molar-refractivity contribution in [1.29, 1.82) is 0 Å². The minimum Gasteiger partial charge on any atom is -0.423 e. The van der Waals surface area contributed by atoms with E-state index in [-0.39, 0.29) is 11.3 Å². The highest BCUT2D eigenvalue weighted by atomic mass is 16.5. The molecule has 1 aromatic rings. The Kier molecular flexibility index (Phi) is 6.36. The van der Waals surface area contributed by atoms with Crippen molar-refractivity contribution in [2.75, 3.05) is 5.32 Å². The molecule has 0 fully saturated rings. The molecule has 0 spiro atoms. The molecule has 1 amide bonds. The van der Waals surface area contributed by atoms with Crippen molar-refractivity contribution in [2.45, 2.75) is 48.5 Å². The maximum absolute atomic E-state index is 12.9. The molecule has 0 aliphatic rings. The molecule has 0 aliphatic carbocycles. The van der Waals surface area contributed by atoms with Gasteiger partial charge in [0.1, 0.15) is 5.75 Å². The van der Waals surface area contributed by atoms with E-state index in [1.807, 2.05) is 47.6 Å². The molecule has 0 bridgehead atoms. The second-order valence-electron chi connectivity index (χ2n) is 7.82. The van der Waals surface area contributed by atoms with Gasteiger partial charge in [0.2, 0.25) is 5.91 Å². The number of hydrogen-bond acceptors (Lipinski definition) is 3. The Bertz CT molecular complexity index is 689. The van der Waals surface area contributed by atoms with Crippen LogP contribution < -0.4 is 10.1 Å². The quantitative estimate of drug-likeness (QED) is 0.349. The number of allylic oxidation sites excluding steroid dienone is 1. The summed E-state index contributed by atoms with van der Waals surface area (Å²) >= 11 is 0. The molecule has 0 saturated carbocycles. The fourth-order valence-corrected chi connectivity index (χ4v) is 2.26. The first-order valence-corrected chi connectivity index (χ1v) is 8.32. The Hall–Kier alpha value is -2.36. The minimum atomic E-state index is -0.656. The third-order valence-electron chi connectivity index (χ3n) is 4.28. The number of nitrogens with one attached hydrogen (secondary N) is 1. The third kappa shape index (κ3) is 5.31. The number of anilines is 1. The first-order valence-electron chi connectivity index (χ1n) is 8.32. The molecule has 0 aromatic heterocycles. The lowest BCUT2D eigenvalue weighted by molar-refractivity contribution is -0.130. The van der Waals surface area contributed by atoms with E-state index >= 15 is 0 Å². The van der Waals surface area contributed by atoms with Crippen molar-refractivity contribution in [2.24, 2.45) is 10.8 Å². The second kappa shape index (κ2) is 7.68. The van der Waals surface area contributed by atoms with Gasteiger partial charge in [-0.15, -0.1) is 0 Å². The predicted molar refractivity (Wildman–Crippen MR) is 103 cm³/mol. The van der Waals surface area contributed by atoms with E-state index in [9.17, 15) is 9.59 Å². The van der Waals surface area contributed by atoms with E-state index < -0.39 is 11.4 Å². The smallest absolute Gasteiger partial charge is 0.338 e. The Morgan fingerprint density at radius 1 is 1.04 bits per heavy atom. The van der Waals surface area contributed by atoms with Gasteiger partial charge in [-0.3, -0.25) is 4.79 Å². The number of benzene rings is 1. The molecule has 1 unspecified atom stereocenters. The molecule has 136 valence electrons. The number of carbonyl (C=O) groups excluding carboxylic acids is 2. The predicted octanol–water partition coefficient (Wildman–Crippen LogP) is 5.13. The number of ether oxygens (including phenoxy) is 1. The molecule has 0 aliphatic heterocycles. The fraction of sp³-hybridized carbons (Fsp3) is 0.429. The zero-order valence-electron chi connectivity index (χ0n) is 16.3. The van der Waals surface area contributed by atoms with Crippen LogP contribution in [0.5, 0.6) is 5.75 Å². The summed E-state index contributed by atoms with van der Waals surface area (Å²) in [6.07, 6.45) is 2.01. The Morgan fingerprint density at radius 3 is 1.96 bits per heavy atom. The van der Waals surface area contributed by atoms with Crippen LogP contribution in [0.1, 0.15) is 48.5 Å². The van der Waals surface area contributed by atoms with Crippen LogP contribution in [0, 0.1) is 10.8 Å². The number of esters is 1. The fourth-order valence-electron chi connectivity index (χ4n) is 2.26. The maximum atomic E-state index is 12.9. The standard InChI is InChI=1S/C21H29NO3/c1-14(2)13-21(8,20(5,6)7)19(24)22-16-9-11-17(12-10-16)25-18(23)15(3)4/h9-13H,3H2,1-2,4-8H3,(H,22,24). The van der Waals surface area contributed by atoms with Gasteiger partial charge in [0.05, 0.1) is 5.41 Å². The molecule has 1 rings (SSSR count). The van der Waals surface area contributed by atoms with E-state index in [4.69, 9.17) is 4.74 Å². The SMILES string of the molecule is C=C(C)C(=O)Oc1ccc(NC(=O)C(C)(C=C(C)C)C(C)(C)C)cc1. The summed E-state index contributed by atoms with van der Waals surface area (Å²) in [6, 6.07) is 6.71. The van der Waals surface area contributed by atoms with Gasteiger partial charge in [0.25, 0.3) is 0 Å². The van der Waals surface area contributed by atoms with Crippen molar-refractivity contribution in [3.05, 3.63) is 48.1 Å². The molecule has 0 heterocycles. The lowest BCUT2D eigenvalue weighted by atomic mass is 9.66. The average molecular weight is 343 g/mol. The highest BCUT2D eigenvalue weighted by Crippen LogP contribution is 2.41. The highest BCUT2D eigenvalue weighted by molar-refractivity contribution is 5.97. The summed E-state index contributed by atoms with van der Waals surface area (Å²) < 4.78 is 5.15. The molecular weight excluding hydrogens is 314 g/mol. The van der Waals surface area contributed by atoms with Crippen LogP contribution in [0.15, 0.2) is 48.1 Å². The summed E-state index contributed by atoms with van der Waals surface area (Å²) in [5.41, 5.74) is 1.18. The van der Waals surface area contributed by atoms with Crippen molar-refractivity contribution >= 4 is 17.6 Å². The van der Waals surface area contributed by atoms with Crippen molar-refractivity contribution in [3.8, 4) is 5.75 Å². The number of amides is 1. The normalized spacial score (nSPS) is 13.4. The van der Waals surface area contributed by atoms with Gasteiger partial charge >= 0.3 is 5.97 Å². The summed E-state index contributed by atoms with van der Waals surface area (Å²) in [4.78, 5) is 24.4. The zero-order chi connectivity index (χ0) is 19.4. The molecule has 4 nitrogen and oxygen atoms in total. The summed E-state index contributed by atoms with van der Waals surface area (Å²) in [5.74, 6) is -0.137. The van der Waals surface area contributed by atoms with Crippen LogP contribution in [0.25, 0.3) is 0 Å². The van der Waals surface area contributed by atoms with Crippen LogP contribution in [-0.2, 0) is 9.59 Å². The summed E-state index contributed by atoms with van der Waals surface area (Å²) in [5, 5.41) is 2.96. The Morgan fingerprint density at radius 2 is 1.56 bits per heavy atom. The Balaban J connectivity index is 2.97. The van der Waals surface area contributed by atoms with Crippen molar-refractivity contribution in [3.63, 3.8) is 0 Å². The first-order chi connectivity index (χ1) is 11.4. The molecule has 1 atom stereocenters. The largest absolute Gasteiger partial charge is 0.423 e. The summed E-state index contributed by atoms with van der Waals surface area (Å²) in [6.45, 7) is 17.2. The molecule has 1 N–H and O–H groups in total. The van der Waals surface area contributed by atoms with E-state index in [1.54, 1.807) is 31.2 Å². The van der Waals surface area contributed by atoms with Crippen LogP contribution >= 0.6 is 0 Å². The molecule has 0 radical (unpaired) electrons. The monoisotopic (exact) mass is 343 g/mol. The van der Waals surface area contributed by atoms with Gasteiger partial charge in [0.15, 0.2) is 0 Å². The topological polar surface area (TPSA) is 55.4 Å². The number of hydrogen-bond donors (Lipinski definition) is 1. The highest BCUT2D eigenvalue weighted by Gasteiger charge is 2.42. The number of rotatable bonds is 5. The third-order valence-corrected chi connectivity index (χ3v) is 4.28. The van der Waals surface area contributed by atoms with Crippen LogP contribution in [-0.4, -0.2) is 11.9 Å². The first kappa shape index (κ1) is 20.7. The van der Waals surface area contributed by atoms with Crippen molar-refractivity contribution < 1.29 is 14.3 Å². The minimum absolute atomic E-state index is 0.0760. The van der Waals surface area contributed by atoms with Crippen LogP contribution in [0.2, 0.25) is 0 Å². The molecule has 25 heavy (non-hydrogen) atoms. The molecule has 0 saturated heterocycles. The van der Waals surface area contributed by atoms with E-state index in [2.05, 4.69) is 11.9 Å². The molecule has 1 aromatic carbocycles. The second-order valence-corrected chi connectivity index (χ2v) is 7.82. The van der Waals surface area contributed by atoms with E-state index in [0.717, 1.165) is 5.57 Å². The van der Waals surface area contributed by atoms with Gasteiger partial charge in [-0.05, 0) is 57.4 Å². The summed E-state index contributed by atoms with van der Waals surface area (Å²) in [7, 11) is 0. The maximum Gasteiger partial charge on any atom is 0.338 e. The zero-order valence-corrected chi connectivity index (χ0v) is 16.3. The number of carbonyl (C=O) groups is 2. The molecule has 4 heteroatoms. The Labute approximate surface area is 151 Å².